The van der Waals surface area contributed by atoms with Crippen molar-refractivity contribution in [3.8, 4) is 0 Å². The molecule has 0 aliphatic heterocycles. The highest BCUT2D eigenvalue weighted by molar-refractivity contribution is 5.85. The Morgan fingerprint density at radius 3 is 2.08 bits per heavy atom. The fraction of sp³-hybridized carbons (Fsp3) is 0.900. The third kappa shape index (κ3) is 6.80. The van der Waals surface area contributed by atoms with Crippen LogP contribution in [0, 0.1) is 0 Å². The number of hydrogen-bond donors (Lipinski definition) is 0. The van der Waals surface area contributed by atoms with Gasteiger partial charge < -0.3 is 0 Å². The van der Waals surface area contributed by atoms with Gasteiger partial charge in [-0.1, -0.05) is 20.8 Å². The first kappa shape index (κ1) is 15.2. The van der Waals surface area contributed by atoms with Gasteiger partial charge in [0.2, 0.25) is 0 Å². The van der Waals surface area contributed by atoms with Crippen LogP contribution in [0.3, 0.4) is 0 Å². The summed E-state index contributed by atoms with van der Waals surface area (Å²) in [6.45, 7) is 9.38. The number of hydrogen-bond acceptors (Lipinski definition) is 2. The van der Waals surface area contributed by atoms with E-state index in [1.807, 2.05) is 0 Å². The second-order valence-corrected chi connectivity index (χ2v) is 3.30. The van der Waals surface area contributed by atoms with Gasteiger partial charge in [0.25, 0.3) is 0 Å². The Kier molecular flexibility index (Phi) is 9.65. The molecule has 0 aliphatic carbocycles. The van der Waals surface area contributed by atoms with Crippen molar-refractivity contribution in [1.82, 2.24) is 0 Å². The smallest absolute Gasteiger partial charge is 0.0898 e. The lowest BCUT2D eigenvalue weighted by atomic mass is 9.97. The fourth-order valence-corrected chi connectivity index (χ4v) is 0.726. The maximum absolute atomic E-state index is 4.31. The summed E-state index contributed by atoms with van der Waals surface area (Å²) in [5.74, 6) is 0. The summed E-state index contributed by atoms with van der Waals surface area (Å²) in [5, 5.41) is 0. The van der Waals surface area contributed by atoms with Crippen molar-refractivity contribution in [2.24, 2.45) is 9.98 Å². The number of rotatable bonds is 5. The SMILES string of the molecule is CCCN=C=NC(C)(CC)CC.Cl. The molecule has 0 N–H and O–H groups in total. The van der Waals surface area contributed by atoms with Gasteiger partial charge in [-0.25, -0.2) is 9.98 Å². The molecule has 0 saturated heterocycles. The van der Waals surface area contributed by atoms with Crippen LogP contribution in [0.25, 0.3) is 0 Å². The maximum atomic E-state index is 4.31. The minimum Gasteiger partial charge on any atom is -0.226 e. The average molecular weight is 205 g/mol. The summed E-state index contributed by atoms with van der Waals surface area (Å²) in [5.41, 5.74) is 0.0528. The molecule has 0 spiro atoms. The van der Waals surface area contributed by atoms with Gasteiger partial charge in [-0.05, 0) is 26.2 Å². The molecule has 0 radical (unpaired) electrons. The molecular weight excluding hydrogens is 184 g/mol. The van der Waals surface area contributed by atoms with Crippen LogP contribution in [0.2, 0.25) is 0 Å². The topological polar surface area (TPSA) is 24.7 Å². The van der Waals surface area contributed by atoms with Crippen molar-refractivity contribution in [1.29, 1.82) is 0 Å². The highest BCUT2D eigenvalue weighted by atomic mass is 35.5. The lowest BCUT2D eigenvalue weighted by Gasteiger charge is -2.18. The first-order valence-electron chi connectivity index (χ1n) is 4.82. The Morgan fingerprint density at radius 2 is 1.69 bits per heavy atom. The van der Waals surface area contributed by atoms with Crippen molar-refractivity contribution in [2.45, 2.75) is 52.5 Å². The van der Waals surface area contributed by atoms with E-state index in [2.05, 4.69) is 43.7 Å². The molecule has 78 valence electrons. The standard InChI is InChI=1S/C10H20N2.ClH/c1-5-8-11-9-12-10(4,6-2)7-3;/h5-8H2,1-4H3;1H. The molecule has 0 amide bonds. The van der Waals surface area contributed by atoms with Gasteiger partial charge in [0.1, 0.15) is 0 Å². The van der Waals surface area contributed by atoms with Gasteiger partial charge in [-0.2, -0.15) is 0 Å². The zero-order chi connectivity index (χ0) is 9.45. The molecule has 13 heavy (non-hydrogen) atoms. The zero-order valence-electron chi connectivity index (χ0n) is 9.13. The monoisotopic (exact) mass is 204 g/mol. The van der Waals surface area contributed by atoms with Crippen molar-refractivity contribution in [3.63, 3.8) is 0 Å². The molecule has 0 unspecified atom stereocenters. The van der Waals surface area contributed by atoms with Gasteiger partial charge in [0.05, 0.1) is 11.5 Å². The fourth-order valence-electron chi connectivity index (χ4n) is 0.726. The molecule has 3 heteroatoms. The molecular formula is C10H21ClN2. The Balaban J connectivity index is 0. The molecule has 0 heterocycles. The molecule has 0 fully saturated rings. The summed E-state index contributed by atoms with van der Waals surface area (Å²) in [4.78, 5) is 8.37. The minimum atomic E-state index is 0. The lowest BCUT2D eigenvalue weighted by molar-refractivity contribution is 0.443. The van der Waals surface area contributed by atoms with E-state index >= 15 is 0 Å². The van der Waals surface area contributed by atoms with Gasteiger partial charge in [-0.15, -0.1) is 12.4 Å². The van der Waals surface area contributed by atoms with E-state index in [1.54, 1.807) is 0 Å². The van der Waals surface area contributed by atoms with Crippen LogP contribution in [-0.2, 0) is 0 Å². The number of aliphatic imine (C=N–C) groups is 2. The van der Waals surface area contributed by atoms with E-state index in [4.69, 9.17) is 0 Å². The van der Waals surface area contributed by atoms with Crippen LogP contribution in [0.15, 0.2) is 9.98 Å². The molecule has 0 aromatic rings. The maximum Gasteiger partial charge on any atom is 0.0898 e. The van der Waals surface area contributed by atoms with E-state index < -0.39 is 0 Å². The van der Waals surface area contributed by atoms with Gasteiger partial charge in [-0.3, -0.25) is 0 Å². The molecule has 0 atom stereocenters. The van der Waals surface area contributed by atoms with E-state index in [1.165, 1.54) is 0 Å². The van der Waals surface area contributed by atoms with Crippen LogP contribution in [-0.4, -0.2) is 18.1 Å². The summed E-state index contributed by atoms with van der Waals surface area (Å²) in [7, 11) is 0. The minimum absolute atomic E-state index is 0. The Bertz CT molecular complexity index is 168. The third-order valence-electron chi connectivity index (χ3n) is 2.25. The Morgan fingerprint density at radius 1 is 1.15 bits per heavy atom. The first-order chi connectivity index (χ1) is 5.68. The largest absolute Gasteiger partial charge is 0.226 e. The summed E-state index contributed by atoms with van der Waals surface area (Å²) < 4.78 is 0. The Hall–Kier alpha value is -0.330. The summed E-state index contributed by atoms with van der Waals surface area (Å²) in [6, 6.07) is 2.78. The van der Waals surface area contributed by atoms with Crippen molar-refractivity contribution < 1.29 is 0 Å². The molecule has 2 nitrogen and oxygen atoms in total. The second-order valence-electron chi connectivity index (χ2n) is 3.30. The summed E-state index contributed by atoms with van der Waals surface area (Å²) in [6.07, 6.45) is 3.17. The van der Waals surface area contributed by atoms with E-state index in [0.29, 0.717) is 0 Å². The highest BCUT2D eigenvalue weighted by Crippen LogP contribution is 2.17. The number of nitrogens with zero attached hydrogens (tertiary/aromatic N) is 2. The molecule has 0 aromatic carbocycles. The van der Waals surface area contributed by atoms with Crippen LogP contribution in [0.4, 0.5) is 0 Å². The van der Waals surface area contributed by atoms with Crippen LogP contribution >= 0.6 is 12.4 Å². The predicted molar refractivity (Wildman–Crippen MR) is 61.3 cm³/mol. The molecule has 0 rings (SSSR count). The lowest BCUT2D eigenvalue weighted by Crippen LogP contribution is -2.18. The highest BCUT2D eigenvalue weighted by Gasteiger charge is 2.16. The van der Waals surface area contributed by atoms with Crippen molar-refractivity contribution in [2.75, 3.05) is 6.54 Å². The Labute approximate surface area is 88.0 Å². The van der Waals surface area contributed by atoms with E-state index in [0.717, 1.165) is 25.8 Å². The molecule has 0 bridgehead atoms. The zero-order valence-corrected chi connectivity index (χ0v) is 9.95. The molecule has 0 aliphatic rings. The number of halogens is 1. The van der Waals surface area contributed by atoms with Crippen LogP contribution in [0.1, 0.15) is 47.0 Å². The van der Waals surface area contributed by atoms with Crippen molar-refractivity contribution in [3.05, 3.63) is 0 Å². The normalized spacial score (nSPS) is 9.85. The third-order valence-corrected chi connectivity index (χ3v) is 2.25. The van der Waals surface area contributed by atoms with Gasteiger partial charge >= 0.3 is 0 Å². The van der Waals surface area contributed by atoms with E-state index in [-0.39, 0.29) is 17.9 Å². The predicted octanol–water partition coefficient (Wildman–Crippen LogP) is 3.57. The summed E-state index contributed by atoms with van der Waals surface area (Å²) >= 11 is 0. The average Bonchev–Trinajstić information content (AvgIpc) is 2.12. The second kappa shape index (κ2) is 8.28. The van der Waals surface area contributed by atoms with Crippen LogP contribution < -0.4 is 0 Å². The van der Waals surface area contributed by atoms with Gasteiger partial charge in [0.15, 0.2) is 0 Å². The van der Waals surface area contributed by atoms with Crippen molar-refractivity contribution >= 4 is 18.4 Å². The van der Waals surface area contributed by atoms with E-state index in [9.17, 15) is 0 Å². The first-order valence-corrected chi connectivity index (χ1v) is 4.82. The molecule has 0 aromatic heterocycles. The van der Waals surface area contributed by atoms with Crippen LogP contribution in [0.5, 0.6) is 0 Å². The molecule has 0 saturated carbocycles. The quantitative estimate of drug-likeness (QED) is 0.612. The van der Waals surface area contributed by atoms with Gasteiger partial charge in [0, 0.05) is 6.54 Å².